The van der Waals surface area contributed by atoms with E-state index in [4.69, 9.17) is 4.74 Å². The van der Waals surface area contributed by atoms with Crippen LogP contribution in [0, 0.1) is 0 Å². The normalized spacial score (nSPS) is 11.3. The molecule has 0 N–H and O–H groups in total. The van der Waals surface area contributed by atoms with E-state index < -0.39 is 0 Å². The van der Waals surface area contributed by atoms with Crippen LogP contribution in [0.15, 0.2) is 65.2 Å². The molecule has 2 aromatic carbocycles. The van der Waals surface area contributed by atoms with E-state index in [1.807, 2.05) is 47.4 Å². The summed E-state index contributed by atoms with van der Waals surface area (Å²) in [6, 6.07) is 18.0. The first-order chi connectivity index (χ1) is 8.78. The maximum absolute atomic E-state index is 5.80. The monoisotopic (exact) mass is 302 g/mol. The van der Waals surface area contributed by atoms with Gasteiger partial charge in [-0.1, -0.05) is 51.8 Å². The fourth-order valence-corrected chi connectivity index (χ4v) is 1.87. The predicted octanol–water partition coefficient (Wildman–Crippen LogP) is 5.32. The second-order valence-electron chi connectivity index (χ2n) is 4.19. The van der Waals surface area contributed by atoms with Crippen LogP contribution in [0.5, 0.6) is 11.5 Å². The molecule has 0 bridgehead atoms. The third-order valence-corrected chi connectivity index (χ3v) is 3.33. The molecule has 0 aromatic heterocycles. The Morgan fingerprint density at radius 1 is 1.06 bits per heavy atom. The summed E-state index contributed by atoms with van der Waals surface area (Å²) in [5.74, 6) is 1.74. The number of halogens is 1. The minimum Gasteiger partial charge on any atom is -0.457 e. The minimum absolute atomic E-state index is 0.863. The summed E-state index contributed by atoms with van der Waals surface area (Å²) in [6.45, 7) is 2.10. The summed E-state index contributed by atoms with van der Waals surface area (Å²) >= 11 is 3.35. The minimum atomic E-state index is 0.863. The SMILES string of the molecule is C/C(=C/Br)Cc1cccc(Oc2ccccc2)c1. The molecule has 0 fully saturated rings. The summed E-state index contributed by atoms with van der Waals surface area (Å²) in [6.07, 6.45) is 0.928. The van der Waals surface area contributed by atoms with Gasteiger partial charge >= 0.3 is 0 Å². The molecule has 0 spiro atoms. The van der Waals surface area contributed by atoms with Crippen LogP contribution < -0.4 is 4.74 Å². The summed E-state index contributed by atoms with van der Waals surface area (Å²) in [5.41, 5.74) is 2.53. The van der Waals surface area contributed by atoms with Crippen molar-refractivity contribution in [3.63, 3.8) is 0 Å². The van der Waals surface area contributed by atoms with Crippen molar-refractivity contribution in [3.05, 3.63) is 70.7 Å². The lowest BCUT2D eigenvalue weighted by molar-refractivity contribution is 0.482. The molecule has 0 saturated carbocycles. The number of hydrogen-bond donors (Lipinski definition) is 0. The van der Waals surface area contributed by atoms with Crippen LogP contribution >= 0.6 is 15.9 Å². The standard InChI is InChI=1S/C16H15BrO/c1-13(12-17)10-14-6-5-9-16(11-14)18-15-7-3-2-4-8-15/h2-9,11-12H,10H2,1H3/b13-12-. The highest BCUT2D eigenvalue weighted by Gasteiger charge is 1.99. The van der Waals surface area contributed by atoms with Gasteiger partial charge < -0.3 is 4.74 Å². The Bertz CT molecular complexity index is 532. The predicted molar refractivity (Wildman–Crippen MR) is 79.3 cm³/mol. The van der Waals surface area contributed by atoms with Crippen molar-refractivity contribution in [2.75, 3.05) is 0 Å². The first kappa shape index (κ1) is 12.9. The molecule has 92 valence electrons. The zero-order chi connectivity index (χ0) is 12.8. The van der Waals surface area contributed by atoms with Gasteiger partial charge in [-0.2, -0.15) is 0 Å². The summed E-state index contributed by atoms with van der Waals surface area (Å²) < 4.78 is 5.80. The highest BCUT2D eigenvalue weighted by molar-refractivity contribution is 9.11. The third-order valence-electron chi connectivity index (χ3n) is 2.55. The van der Waals surface area contributed by atoms with E-state index in [0.717, 1.165) is 17.9 Å². The second-order valence-corrected chi connectivity index (χ2v) is 4.65. The van der Waals surface area contributed by atoms with Gasteiger partial charge in [-0.3, -0.25) is 0 Å². The van der Waals surface area contributed by atoms with Gasteiger partial charge in [-0.15, -0.1) is 0 Å². The number of ether oxygens (including phenoxy) is 1. The molecule has 2 rings (SSSR count). The van der Waals surface area contributed by atoms with Gasteiger partial charge in [-0.05, 0) is 48.2 Å². The lowest BCUT2D eigenvalue weighted by atomic mass is 10.1. The largest absolute Gasteiger partial charge is 0.457 e. The van der Waals surface area contributed by atoms with Crippen molar-refractivity contribution >= 4 is 15.9 Å². The molecule has 2 aromatic rings. The molecule has 0 unspecified atom stereocenters. The fourth-order valence-electron chi connectivity index (χ4n) is 1.70. The van der Waals surface area contributed by atoms with E-state index in [1.54, 1.807) is 0 Å². The molecule has 0 aliphatic carbocycles. The van der Waals surface area contributed by atoms with Gasteiger partial charge in [-0.25, -0.2) is 0 Å². The molecule has 0 amide bonds. The van der Waals surface area contributed by atoms with Crippen molar-refractivity contribution in [1.82, 2.24) is 0 Å². The smallest absolute Gasteiger partial charge is 0.127 e. The van der Waals surface area contributed by atoms with Crippen LogP contribution in [-0.2, 0) is 6.42 Å². The van der Waals surface area contributed by atoms with Crippen LogP contribution in [-0.4, -0.2) is 0 Å². The Balaban J connectivity index is 2.13. The first-order valence-electron chi connectivity index (χ1n) is 5.85. The van der Waals surface area contributed by atoms with E-state index in [1.165, 1.54) is 11.1 Å². The molecule has 0 heterocycles. The van der Waals surface area contributed by atoms with Crippen LogP contribution in [0.4, 0.5) is 0 Å². The highest BCUT2D eigenvalue weighted by atomic mass is 79.9. The Morgan fingerprint density at radius 3 is 2.50 bits per heavy atom. The van der Waals surface area contributed by atoms with Crippen LogP contribution in [0.25, 0.3) is 0 Å². The quantitative estimate of drug-likeness (QED) is 0.742. The second kappa shape index (κ2) is 6.41. The van der Waals surface area contributed by atoms with Gasteiger partial charge in [0.1, 0.15) is 11.5 Å². The molecule has 0 radical (unpaired) electrons. The third kappa shape index (κ3) is 3.74. The Kier molecular flexibility index (Phi) is 4.59. The van der Waals surface area contributed by atoms with Crippen molar-refractivity contribution in [1.29, 1.82) is 0 Å². The number of rotatable bonds is 4. The van der Waals surface area contributed by atoms with Crippen molar-refractivity contribution in [2.45, 2.75) is 13.3 Å². The zero-order valence-electron chi connectivity index (χ0n) is 10.3. The average Bonchev–Trinajstić information content (AvgIpc) is 2.40. The molecule has 0 aliphatic rings. The van der Waals surface area contributed by atoms with Crippen LogP contribution in [0.1, 0.15) is 12.5 Å². The first-order valence-corrected chi connectivity index (χ1v) is 6.77. The van der Waals surface area contributed by atoms with Crippen molar-refractivity contribution < 1.29 is 4.74 Å². The average molecular weight is 303 g/mol. The number of hydrogen-bond acceptors (Lipinski definition) is 1. The van der Waals surface area contributed by atoms with Gasteiger partial charge in [0.25, 0.3) is 0 Å². The van der Waals surface area contributed by atoms with Crippen molar-refractivity contribution in [3.8, 4) is 11.5 Å². The molecular weight excluding hydrogens is 288 g/mol. The molecule has 18 heavy (non-hydrogen) atoms. The topological polar surface area (TPSA) is 9.23 Å². The highest BCUT2D eigenvalue weighted by Crippen LogP contribution is 2.22. The van der Waals surface area contributed by atoms with Crippen LogP contribution in [0.3, 0.4) is 0 Å². The van der Waals surface area contributed by atoms with Gasteiger partial charge in [0.05, 0.1) is 0 Å². The number of allylic oxidation sites excluding steroid dienone is 1. The molecule has 2 heteroatoms. The molecular formula is C16H15BrO. The Morgan fingerprint density at radius 2 is 1.78 bits per heavy atom. The van der Waals surface area contributed by atoms with Gasteiger partial charge in [0, 0.05) is 0 Å². The van der Waals surface area contributed by atoms with E-state index in [0.29, 0.717) is 0 Å². The Hall–Kier alpha value is -1.54. The van der Waals surface area contributed by atoms with E-state index in [9.17, 15) is 0 Å². The maximum Gasteiger partial charge on any atom is 0.127 e. The lowest BCUT2D eigenvalue weighted by Gasteiger charge is -2.07. The summed E-state index contributed by atoms with van der Waals surface area (Å²) in [7, 11) is 0. The number of benzene rings is 2. The zero-order valence-corrected chi connectivity index (χ0v) is 11.9. The fraction of sp³-hybridized carbons (Fsp3) is 0.125. The van der Waals surface area contributed by atoms with E-state index in [-0.39, 0.29) is 0 Å². The summed E-state index contributed by atoms with van der Waals surface area (Å²) in [5, 5.41) is 0. The molecule has 0 atom stereocenters. The van der Waals surface area contributed by atoms with E-state index >= 15 is 0 Å². The maximum atomic E-state index is 5.80. The lowest BCUT2D eigenvalue weighted by Crippen LogP contribution is -1.88. The van der Waals surface area contributed by atoms with Crippen LogP contribution in [0.2, 0.25) is 0 Å². The molecule has 1 nitrogen and oxygen atoms in total. The molecule has 0 saturated heterocycles. The van der Waals surface area contributed by atoms with E-state index in [2.05, 4.69) is 35.0 Å². The molecule has 0 aliphatic heterocycles. The Labute approximate surface area is 116 Å². The van der Waals surface area contributed by atoms with Gasteiger partial charge in [0.2, 0.25) is 0 Å². The summed E-state index contributed by atoms with van der Waals surface area (Å²) in [4.78, 5) is 1.96. The van der Waals surface area contributed by atoms with Gasteiger partial charge in [0.15, 0.2) is 0 Å². The number of para-hydroxylation sites is 1. The van der Waals surface area contributed by atoms with Crippen molar-refractivity contribution in [2.24, 2.45) is 0 Å².